The number of hydrogen-bond donors (Lipinski definition) is 1. The zero-order valence-electron chi connectivity index (χ0n) is 23.1. The van der Waals surface area contributed by atoms with Crippen LogP contribution < -0.4 is 19.1 Å². The molecule has 3 aromatic carbocycles. The lowest BCUT2D eigenvalue weighted by Crippen LogP contribution is -2.29. The minimum atomic E-state index is -0.855. The van der Waals surface area contributed by atoms with E-state index in [9.17, 15) is 14.7 Å². The summed E-state index contributed by atoms with van der Waals surface area (Å²) in [5, 5.41) is 11.6. The summed E-state index contributed by atoms with van der Waals surface area (Å²) in [4.78, 5) is 28.5. The molecule has 0 aromatic heterocycles. The van der Waals surface area contributed by atoms with Gasteiger partial charge >= 0.3 is 0 Å². The number of benzene rings is 3. The second-order valence-corrected chi connectivity index (χ2v) is 9.81. The quantitative estimate of drug-likeness (QED) is 0.184. The first kappa shape index (κ1) is 27.8. The Hall–Kier alpha value is -4.26. The maximum absolute atomic E-state index is 13.6. The number of anilines is 1. The van der Waals surface area contributed by atoms with E-state index in [2.05, 4.69) is 13.8 Å². The van der Waals surface area contributed by atoms with E-state index in [4.69, 9.17) is 14.2 Å². The van der Waals surface area contributed by atoms with Crippen LogP contribution in [-0.2, 0) is 9.59 Å². The lowest BCUT2D eigenvalue weighted by Gasteiger charge is -2.26. The van der Waals surface area contributed by atoms with Crippen molar-refractivity contribution in [1.29, 1.82) is 0 Å². The standard InChI is InChI=1S/C32H35NO6/c1-6-37-25-15-16-26(27(18-25)38-7-2)30(34)28-29(22-11-13-24(14-12-22)39-19-20(3)4)33(32(36)31(28)35)23-10-8-9-21(5)17-23/h8-18,20,29,34H,6-7,19H2,1-5H3/b30-28-. The number of amides is 1. The molecular weight excluding hydrogens is 494 g/mol. The molecule has 1 fully saturated rings. The number of carbonyl (C=O) groups is 2. The Bertz CT molecular complexity index is 1380. The van der Waals surface area contributed by atoms with Crippen molar-refractivity contribution < 1.29 is 28.9 Å². The highest BCUT2D eigenvalue weighted by Crippen LogP contribution is 2.44. The van der Waals surface area contributed by atoms with E-state index in [1.165, 1.54) is 4.90 Å². The summed E-state index contributed by atoms with van der Waals surface area (Å²) in [7, 11) is 0. The number of nitrogens with zero attached hydrogens (tertiary/aromatic N) is 1. The molecule has 1 aliphatic rings. The molecule has 204 valence electrons. The maximum atomic E-state index is 13.6. The van der Waals surface area contributed by atoms with E-state index >= 15 is 0 Å². The second kappa shape index (κ2) is 12.1. The first-order valence-electron chi connectivity index (χ1n) is 13.3. The predicted octanol–water partition coefficient (Wildman–Crippen LogP) is 6.45. The monoisotopic (exact) mass is 529 g/mol. The van der Waals surface area contributed by atoms with Crippen LogP contribution in [0.15, 0.2) is 72.3 Å². The fourth-order valence-electron chi connectivity index (χ4n) is 4.58. The van der Waals surface area contributed by atoms with Crippen LogP contribution in [-0.4, -0.2) is 36.6 Å². The van der Waals surface area contributed by atoms with Gasteiger partial charge in [0.25, 0.3) is 11.7 Å². The average Bonchev–Trinajstić information content (AvgIpc) is 3.18. The Labute approximate surface area is 229 Å². The first-order valence-corrected chi connectivity index (χ1v) is 13.3. The summed E-state index contributed by atoms with van der Waals surface area (Å²) in [6.45, 7) is 11.1. The van der Waals surface area contributed by atoms with Gasteiger partial charge in [0.1, 0.15) is 23.0 Å². The fraction of sp³-hybridized carbons (Fsp3) is 0.312. The van der Waals surface area contributed by atoms with Crippen LogP contribution in [0.25, 0.3) is 5.76 Å². The van der Waals surface area contributed by atoms with Crippen molar-refractivity contribution in [1.82, 2.24) is 0 Å². The van der Waals surface area contributed by atoms with Gasteiger partial charge in [0.2, 0.25) is 0 Å². The normalized spacial score (nSPS) is 16.6. The number of ether oxygens (including phenoxy) is 3. The topological polar surface area (TPSA) is 85.3 Å². The molecule has 4 rings (SSSR count). The predicted molar refractivity (Wildman–Crippen MR) is 152 cm³/mol. The van der Waals surface area contributed by atoms with Crippen molar-refractivity contribution in [2.24, 2.45) is 5.92 Å². The molecule has 39 heavy (non-hydrogen) atoms. The first-order chi connectivity index (χ1) is 18.7. The van der Waals surface area contributed by atoms with E-state index in [-0.39, 0.29) is 11.3 Å². The van der Waals surface area contributed by atoms with E-state index in [0.717, 1.165) is 5.56 Å². The van der Waals surface area contributed by atoms with E-state index < -0.39 is 17.7 Å². The minimum absolute atomic E-state index is 0.0116. The largest absolute Gasteiger partial charge is 0.507 e. The van der Waals surface area contributed by atoms with Crippen molar-refractivity contribution in [3.8, 4) is 17.2 Å². The van der Waals surface area contributed by atoms with E-state index in [1.54, 1.807) is 24.3 Å². The van der Waals surface area contributed by atoms with Crippen molar-refractivity contribution in [3.63, 3.8) is 0 Å². The Kier molecular flexibility index (Phi) is 8.59. The van der Waals surface area contributed by atoms with Crippen LogP contribution in [0.3, 0.4) is 0 Å². The lowest BCUT2D eigenvalue weighted by molar-refractivity contribution is -0.132. The molecule has 1 amide bonds. The molecule has 3 aromatic rings. The molecule has 0 radical (unpaired) electrons. The van der Waals surface area contributed by atoms with Gasteiger partial charge in [-0.25, -0.2) is 0 Å². The summed E-state index contributed by atoms with van der Waals surface area (Å²) in [6.07, 6.45) is 0. The molecule has 1 saturated heterocycles. The zero-order chi connectivity index (χ0) is 28.1. The molecule has 1 N–H and O–H groups in total. The third-order valence-electron chi connectivity index (χ3n) is 6.32. The molecular formula is C32H35NO6. The van der Waals surface area contributed by atoms with Gasteiger partial charge in [0.05, 0.1) is 37.0 Å². The van der Waals surface area contributed by atoms with Crippen LogP contribution in [0, 0.1) is 12.8 Å². The van der Waals surface area contributed by atoms with Crippen LogP contribution in [0.2, 0.25) is 0 Å². The molecule has 0 bridgehead atoms. The Morgan fingerprint density at radius 2 is 1.59 bits per heavy atom. The number of hydrogen-bond acceptors (Lipinski definition) is 6. The Morgan fingerprint density at radius 1 is 0.897 bits per heavy atom. The summed E-state index contributed by atoms with van der Waals surface area (Å²) >= 11 is 0. The number of aryl methyl sites for hydroxylation is 1. The molecule has 1 atom stereocenters. The van der Waals surface area contributed by atoms with Crippen molar-refractivity contribution in [2.45, 2.75) is 40.7 Å². The number of ketones is 1. The van der Waals surface area contributed by atoms with Crippen molar-refractivity contribution >= 4 is 23.1 Å². The van der Waals surface area contributed by atoms with Gasteiger partial charge in [-0.05, 0) is 74.2 Å². The molecule has 0 saturated carbocycles. The van der Waals surface area contributed by atoms with Gasteiger partial charge in [-0.2, -0.15) is 0 Å². The third-order valence-corrected chi connectivity index (χ3v) is 6.32. The molecule has 7 nitrogen and oxygen atoms in total. The smallest absolute Gasteiger partial charge is 0.300 e. The van der Waals surface area contributed by atoms with Gasteiger partial charge in [-0.15, -0.1) is 0 Å². The lowest BCUT2D eigenvalue weighted by atomic mass is 9.94. The molecule has 7 heteroatoms. The zero-order valence-corrected chi connectivity index (χ0v) is 23.1. The molecule has 0 spiro atoms. The van der Waals surface area contributed by atoms with Gasteiger partial charge in [-0.3, -0.25) is 14.5 Å². The summed E-state index contributed by atoms with van der Waals surface area (Å²) in [5.41, 5.74) is 2.47. The summed E-state index contributed by atoms with van der Waals surface area (Å²) in [6, 6.07) is 18.8. The summed E-state index contributed by atoms with van der Waals surface area (Å²) < 4.78 is 17.2. The van der Waals surface area contributed by atoms with Crippen molar-refractivity contribution in [2.75, 3.05) is 24.7 Å². The van der Waals surface area contributed by atoms with Gasteiger partial charge in [0, 0.05) is 11.8 Å². The Balaban J connectivity index is 1.88. The van der Waals surface area contributed by atoms with E-state index in [0.29, 0.717) is 59.8 Å². The van der Waals surface area contributed by atoms with Crippen molar-refractivity contribution in [3.05, 3.63) is 89.0 Å². The van der Waals surface area contributed by atoms with Gasteiger partial charge in [0.15, 0.2) is 0 Å². The second-order valence-electron chi connectivity index (χ2n) is 9.81. The summed E-state index contributed by atoms with van der Waals surface area (Å²) in [5.74, 6) is 0.203. The number of Topliss-reactive ketones (excluding diaryl/α,β-unsaturated/α-hetero) is 1. The minimum Gasteiger partial charge on any atom is -0.507 e. The highest BCUT2D eigenvalue weighted by Gasteiger charge is 2.47. The molecule has 1 heterocycles. The van der Waals surface area contributed by atoms with Crippen LogP contribution >= 0.6 is 0 Å². The van der Waals surface area contributed by atoms with Gasteiger partial charge < -0.3 is 19.3 Å². The maximum Gasteiger partial charge on any atom is 0.300 e. The number of aliphatic hydroxyl groups is 1. The Morgan fingerprint density at radius 3 is 2.23 bits per heavy atom. The van der Waals surface area contributed by atoms with Crippen LogP contribution in [0.5, 0.6) is 17.2 Å². The van der Waals surface area contributed by atoms with Crippen LogP contribution in [0.4, 0.5) is 5.69 Å². The fourth-order valence-corrected chi connectivity index (χ4v) is 4.58. The highest BCUT2D eigenvalue weighted by atomic mass is 16.5. The average molecular weight is 530 g/mol. The number of aliphatic hydroxyl groups excluding tert-OH is 1. The number of carbonyl (C=O) groups excluding carboxylic acids is 2. The highest BCUT2D eigenvalue weighted by molar-refractivity contribution is 6.51. The molecule has 1 aliphatic heterocycles. The van der Waals surface area contributed by atoms with E-state index in [1.807, 2.05) is 63.2 Å². The third kappa shape index (κ3) is 5.93. The van der Waals surface area contributed by atoms with Gasteiger partial charge in [-0.1, -0.05) is 38.1 Å². The van der Waals surface area contributed by atoms with Crippen LogP contribution in [0.1, 0.15) is 50.4 Å². The molecule has 1 unspecified atom stereocenters. The molecule has 0 aliphatic carbocycles. The SMILES string of the molecule is CCOc1ccc(/C(O)=C2/C(=O)C(=O)N(c3cccc(C)c3)C2c2ccc(OCC(C)C)cc2)c(OCC)c1. The number of rotatable bonds is 10.